The van der Waals surface area contributed by atoms with Crippen molar-refractivity contribution >= 4 is 17.6 Å². The van der Waals surface area contributed by atoms with Gasteiger partial charge in [0.2, 0.25) is 5.91 Å². The smallest absolute Gasteiger partial charge is 0.239 e. The van der Waals surface area contributed by atoms with Gasteiger partial charge in [0, 0.05) is 32.4 Å². The van der Waals surface area contributed by atoms with Crippen LogP contribution in [0.2, 0.25) is 0 Å². The molecule has 0 atom stereocenters. The van der Waals surface area contributed by atoms with Crippen molar-refractivity contribution in [2.75, 3.05) is 44.7 Å². The normalized spacial score (nSPS) is 14.3. The fraction of sp³-hybridized carbons (Fsp3) is 0.364. The Morgan fingerprint density at radius 2 is 1.90 bits per heavy atom. The molecule has 1 aliphatic heterocycles. The van der Waals surface area contributed by atoms with Crippen molar-refractivity contribution in [3.05, 3.63) is 59.7 Å². The van der Waals surface area contributed by atoms with Crippen LogP contribution in [0.5, 0.6) is 5.75 Å². The van der Waals surface area contributed by atoms with Crippen molar-refractivity contribution in [1.82, 2.24) is 16.0 Å². The number of carbonyl (C=O) groups excluding carboxylic acids is 1. The highest BCUT2D eigenvalue weighted by atomic mass is 16.5. The van der Waals surface area contributed by atoms with E-state index in [4.69, 9.17) is 4.74 Å². The van der Waals surface area contributed by atoms with Crippen LogP contribution in [0.1, 0.15) is 11.1 Å². The molecule has 0 aromatic heterocycles. The standard InChI is InChI=1S/C22H29N5O2/c1-17-3-9-20(10-4-17)29-14-12-25-22(23-2)26-15-18-5-7-19(8-6-18)27-13-11-24-21(28)16-27/h3-10H,11-16H2,1-2H3,(H,24,28)(H2,23,25,26). The van der Waals surface area contributed by atoms with Crippen molar-refractivity contribution in [3.8, 4) is 5.75 Å². The van der Waals surface area contributed by atoms with E-state index in [0.717, 1.165) is 29.5 Å². The third-order valence-electron chi connectivity index (χ3n) is 4.71. The van der Waals surface area contributed by atoms with E-state index in [-0.39, 0.29) is 5.91 Å². The molecular weight excluding hydrogens is 366 g/mol. The Morgan fingerprint density at radius 3 is 2.59 bits per heavy atom. The molecule has 1 heterocycles. The van der Waals surface area contributed by atoms with Crippen LogP contribution in [0.4, 0.5) is 5.69 Å². The summed E-state index contributed by atoms with van der Waals surface area (Å²) in [4.78, 5) is 17.9. The summed E-state index contributed by atoms with van der Waals surface area (Å²) in [6, 6.07) is 16.3. The molecule has 154 valence electrons. The van der Waals surface area contributed by atoms with Crippen molar-refractivity contribution in [3.63, 3.8) is 0 Å². The van der Waals surface area contributed by atoms with Gasteiger partial charge in [-0.15, -0.1) is 0 Å². The Labute approximate surface area is 172 Å². The summed E-state index contributed by atoms with van der Waals surface area (Å²) in [5, 5.41) is 9.40. The molecule has 2 aromatic rings. The highest BCUT2D eigenvalue weighted by Gasteiger charge is 2.16. The number of amides is 1. The molecule has 1 saturated heterocycles. The summed E-state index contributed by atoms with van der Waals surface area (Å²) in [7, 11) is 1.75. The average molecular weight is 396 g/mol. The number of anilines is 1. The van der Waals surface area contributed by atoms with Gasteiger partial charge in [0.1, 0.15) is 12.4 Å². The van der Waals surface area contributed by atoms with Crippen molar-refractivity contribution in [1.29, 1.82) is 0 Å². The third-order valence-corrected chi connectivity index (χ3v) is 4.71. The highest BCUT2D eigenvalue weighted by Crippen LogP contribution is 2.16. The molecule has 7 heteroatoms. The van der Waals surface area contributed by atoms with E-state index in [0.29, 0.717) is 32.8 Å². The second kappa shape index (κ2) is 10.4. The summed E-state index contributed by atoms with van der Waals surface area (Å²) in [6.07, 6.45) is 0. The number of ether oxygens (including phenoxy) is 1. The van der Waals surface area contributed by atoms with Gasteiger partial charge in [0.25, 0.3) is 0 Å². The number of carbonyl (C=O) groups is 1. The summed E-state index contributed by atoms with van der Waals surface area (Å²) < 4.78 is 5.72. The van der Waals surface area contributed by atoms with Gasteiger partial charge in [-0.05, 0) is 36.8 Å². The van der Waals surface area contributed by atoms with Gasteiger partial charge in [-0.1, -0.05) is 29.8 Å². The predicted octanol–water partition coefficient (Wildman–Crippen LogP) is 1.68. The molecule has 0 unspecified atom stereocenters. The maximum atomic E-state index is 11.5. The van der Waals surface area contributed by atoms with Gasteiger partial charge < -0.3 is 25.6 Å². The Bertz CT molecular complexity index is 818. The zero-order valence-corrected chi connectivity index (χ0v) is 17.1. The minimum atomic E-state index is 0.0724. The van der Waals surface area contributed by atoms with E-state index >= 15 is 0 Å². The van der Waals surface area contributed by atoms with E-state index in [9.17, 15) is 4.79 Å². The molecule has 29 heavy (non-hydrogen) atoms. The minimum absolute atomic E-state index is 0.0724. The molecule has 0 spiro atoms. The van der Waals surface area contributed by atoms with Gasteiger partial charge in [0.05, 0.1) is 13.1 Å². The number of hydrogen-bond acceptors (Lipinski definition) is 4. The number of guanidine groups is 1. The second-order valence-corrected chi connectivity index (χ2v) is 6.95. The molecule has 1 fully saturated rings. The lowest BCUT2D eigenvalue weighted by Crippen LogP contribution is -2.47. The summed E-state index contributed by atoms with van der Waals surface area (Å²) in [6.45, 7) is 5.88. The molecule has 0 aliphatic carbocycles. The fourth-order valence-electron chi connectivity index (χ4n) is 3.06. The topological polar surface area (TPSA) is 78.0 Å². The molecule has 1 amide bonds. The van der Waals surface area contributed by atoms with Crippen LogP contribution in [0.25, 0.3) is 0 Å². The van der Waals surface area contributed by atoms with Crippen molar-refractivity contribution in [2.45, 2.75) is 13.5 Å². The molecule has 7 nitrogen and oxygen atoms in total. The molecule has 0 radical (unpaired) electrons. The first-order chi connectivity index (χ1) is 14.1. The zero-order valence-electron chi connectivity index (χ0n) is 17.1. The third kappa shape index (κ3) is 6.41. The minimum Gasteiger partial charge on any atom is -0.492 e. The van der Waals surface area contributed by atoms with E-state index < -0.39 is 0 Å². The van der Waals surface area contributed by atoms with Crippen LogP contribution in [0.3, 0.4) is 0 Å². The quantitative estimate of drug-likeness (QED) is 0.378. The van der Waals surface area contributed by atoms with E-state index in [1.165, 1.54) is 5.56 Å². The molecular formula is C22H29N5O2. The molecule has 2 aromatic carbocycles. The van der Waals surface area contributed by atoms with Crippen LogP contribution >= 0.6 is 0 Å². The number of nitrogens with one attached hydrogen (secondary N) is 3. The maximum Gasteiger partial charge on any atom is 0.239 e. The number of aryl methyl sites for hydroxylation is 1. The SMILES string of the molecule is CN=C(NCCOc1ccc(C)cc1)NCc1ccc(N2CCNC(=O)C2)cc1. The van der Waals surface area contributed by atoms with Gasteiger partial charge in [-0.25, -0.2) is 0 Å². The molecule has 0 bridgehead atoms. The molecule has 0 saturated carbocycles. The summed E-state index contributed by atoms with van der Waals surface area (Å²) in [5.74, 6) is 1.67. The second-order valence-electron chi connectivity index (χ2n) is 6.95. The number of hydrogen-bond donors (Lipinski definition) is 3. The molecule has 3 N–H and O–H groups in total. The van der Waals surface area contributed by atoms with Crippen molar-refractivity contribution in [2.24, 2.45) is 4.99 Å². The van der Waals surface area contributed by atoms with E-state index in [1.807, 2.05) is 24.3 Å². The first-order valence-corrected chi connectivity index (χ1v) is 9.88. The summed E-state index contributed by atoms with van der Waals surface area (Å²) in [5.41, 5.74) is 3.43. The van der Waals surface area contributed by atoms with E-state index in [1.54, 1.807) is 7.05 Å². The Hall–Kier alpha value is -3.22. The maximum absolute atomic E-state index is 11.5. The predicted molar refractivity (Wildman–Crippen MR) is 117 cm³/mol. The lowest BCUT2D eigenvalue weighted by molar-refractivity contribution is -0.120. The lowest BCUT2D eigenvalue weighted by atomic mass is 10.2. The van der Waals surface area contributed by atoms with Crippen LogP contribution in [0, 0.1) is 6.92 Å². The van der Waals surface area contributed by atoms with Crippen LogP contribution < -0.4 is 25.6 Å². The Kier molecular flexibility index (Phi) is 7.33. The van der Waals surface area contributed by atoms with E-state index in [2.05, 4.69) is 57.0 Å². The number of piperazine rings is 1. The average Bonchev–Trinajstić information content (AvgIpc) is 2.75. The Morgan fingerprint density at radius 1 is 1.14 bits per heavy atom. The summed E-state index contributed by atoms with van der Waals surface area (Å²) >= 11 is 0. The van der Waals surface area contributed by atoms with Gasteiger partial charge >= 0.3 is 0 Å². The van der Waals surface area contributed by atoms with Gasteiger partial charge in [-0.3, -0.25) is 9.79 Å². The zero-order chi connectivity index (χ0) is 20.5. The fourth-order valence-corrected chi connectivity index (χ4v) is 3.06. The molecule has 3 rings (SSSR count). The Balaban J connectivity index is 1.39. The number of rotatable bonds is 7. The number of aliphatic imine (C=N–C) groups is 1. The van der Waals surface area contributed by atoms with Crippen molar-refractivity contribution < 1.29 is 9.53 Å². The van der Waals surface area contributed by atoms with Gasteiger partial charge in [-0.2, -0.15) is 0 Å². The molecule has 1 aliphatic rings. The number of benzene rings is 2. The monoisotopic (exact) mass is 395 g/mol. The van der Waals surface area contributed by atoms with Crippen LogP contribution in [-0.2, 0) is 11.3 Å². The lowest BCUT2D eigenvalue weighted by Gasteiger charge is -2.28. The van der Waals surface area contributed by atoms with Crippen LogP contribution in [-0.4, -0.2) is 51.7 Å². The first kappa shape index (κ1) is 20.5. The van der Waals surface area contributed by atoms with Crippen LogP contribution in [0.15, 0.2) is 53.5 Å². The highest BCUT2D eigenvalue weighted by molar-refractivity contribution is 5.82. The number of nitrogens with zero attached hydrogens (tertiary/aromatic N) is 2. The first-order valence-electron chi connectivity index (χ1n) is 9.88. The van der Waals surface area contributed by atoms with Gasteiger partial charge in [0.15, 0.2) is 5.96 Å². The largest absolute Gasteiger partial charge is 0.492 e.